The molecule has 0 saturated heterocycles. The summed E-state index contributed by atoms with van der Waals surface area (Å²) in [5, 5.41) is 5.74. The second-order valence-electron chi connectivity index (χ2n) is 7.74. The Kier molecular flexibility index (Phi) is 4.50. The molecular weight excluding hydrogens is 400 g/mol. The van der Waals surface area contributed by atoms with E-state index in [2.05, 4.69) is 27.4 Å². The molecule has 3 N–H and O–H groups in total. The molecule has 8 heteroatoms. The van der Waals surface area contributed by atoms with E-state index >= 15 is 0 Å². The number of carbonyl (C=O) groups is 1. The van der Waals surface area contributed by atoms with Gasteiger partial charge in [-0.25, -0.2) is 8.42 Å². The Balaban J connectivity index is 1.42. The minimum Gasteiger partial charge on any atom is -0.361 e. The topological polar surface area (TPSA) is 94.3 Å². The molecule has 3 aromatic rings. The Morgan fingerprint density at radius 3 is 2.73 bits per heavy atom. The van der Waals surface area contributed by atoms with Crippen LogP contribution in [-0.2, 0) is 21.2 Å². The number of rotatable bonds is 4. The van der Waals surface area contributed by atoms with Crippen molar-refractivity contribution in [2.75, 3.05) is 13.6 Å². The summed E-state index contributed by atoms with van der Waals surface area (Å²) in [4.78, 5) is 18.8. The Labute approximate surface area is 174 Å². The second kappa shape index (κ2) is 7.09. The van der Waals surface area contributed by atoms with Gasteiger partial charge in [0.15, 0.2) is 0 Å². The SMILES string of the molecule is CN(NS(=O)(=O)c1ccccc1)C(=O)[C@@H]1C=C2c3cccc4[nH]cc(c34)C[C@H]2NC1. The Hall–Kier alpha value is -2.94. The molecule has 154 valence electrons. The Morgan fingerprint density at radius 2 is 1.93 bits per heavy atom. The number of aromatic nitrogens is 1. The highest BCUT2D eigenvalue weighted by Crippen LogP contribution is 2.38. The summed E-state index contributed by atoms with van der Waals surface area (Å²) < 4.78 is 25.1. The number of aromatic amines is 1. The van der Waals surface area contributed by atoms with Crippen LogP contribution in [0.3, 0.4) is 0 Å². The van der Waals surface area contributed by atoms with Crippen LogP contribution in [0.4, 0.5) is 0 Å². The van der Waals surface area contributed by atoms with Crippen LogP contribution in [0, 0.1) is 5.92 Å². The van der Waals surface area contributed by atoms with Crippen molar-refractivity contribution in [2.24, 2.45) is 5.92 Å². The third-order valence-electron chi connectivity index (χ3n) is 5.82. The third-order valence-corrected chi connectivity index (χ3v) is 7.23. The molecular formula is C22H22N4O3S. The van der Waals surface area contributed by atoms with Gasteiger partial charge in [-0.2, -0.15) is 0 Å². The first kappa shape index (κ1) is 19.0. The van der Waals surface area contributed by atoms with Crippen molar-refractivity contribution >= 4 is 32.4 Å². The molecule has 5 rings (SSSR count). The maximum absolute atomic E-state index is 13.0. The lowest BCUT2D eigenvalue weighted by Gasteiger charge is -2.34. The summed E-state index contributed by atoms with van der Waals surface area (Å²) in [5.74, 6) is -0.768. The molecule has 2 heterocycles. The van der Waals surface area contributed by atoms with Gasteiger partial charge in [0.1, 0.15) is 0 Å². The van der Waals surface area contributed by atoms with Crippen LogP contribution in [-0.4, -0.2) is 44.0 Å². The van der Waals surface area contributed by atoms with Crippen molar-refractivity contribution in [3.63, 3.8) is 0 Å². The van der Waals surface area contributed by atoms with Crippen LogP contribution in [0.5, 0.6) is 0 Å². The monoisotopic (exact) mass is 422 g/mol. The van der Waals surface area contributed by atoms with Gasteiger partial charge in [-0.1, -0.05) is 36.4 Å². The molecule has 0 fully saturated rings. The van der Waals surface area contributed by atoms with E-state index in [0.717, 1.165) is 28.1 Å². The molecule has 0 saturated carbocycles. The Morgan fingerprint density at radius 1 is 1.13 bits per heavy atom. The number of fused-ring (bicyclic) bond motifs is 2. The molecule has 30 heavy (non-hydrogen) atoms. The molecule has 0 bridgehead atoms. The molecule has 0 spiro atoms. The molecule has 0 unspecified atom stereocenters. The van der Waals surface area contributed by atoms with Crippen LogP contribution in [0.15, 0.2) is 65.7 Å². The first-order valence-corrected chi connectivity index (χ1v) is 11.3. The summed E-state index contributed by atoms with van der Waals surface area (Å²) in [6.45, 7) is 0.458. The minimum atomic E-state index is -3.82. The fourth-order valence-electron chi connectivity index (χ4n) is 4.39. The predicted molar refractivity (Wildman–Crippen MR) is 115 cm³/mol. The number of hydrogen-bond donors (Lipinski definition) is 3. The van der Waals surface area contributed by atoms with Crippen LogP contribution in [0.25, 0.3) is 16.5 Å². The molecule has 2 atom stereocenters. The highest BCUT2D eigenvalue weighted by molar-refractivity contribution is 7.89. The van der Waals surface area contributed by atoms with Gasteiger partial charge in [-0.15, -0.1) is 4.83 Å². The van der Waals surface area contributed by atoms with E-state index in [1.165, 1.54) is 30.1 Å². The van der Waals surface area contributed by atoms with E-state index in [1.807, 2.05) is 18.2 Å². The van der Waals surface area contributed by atoms with E-state index in [9.17, 15) is 13.2 Å². The van der Waals surface area contributed by atoms with Crippen LogP contribution < -0.4 is 10.1 Å². The quantitative estimate of drug-likeness (QED) is 0.561. The van der Waals surface area contributed by atoms with Gasteiger partial charge in [0.2, 0.25) is 5.91 Å². The first-order valence-electron chi connectivity index (χ1n) is 9.83. The number of hydrazine groups is 1. The zero-order chi connectivity index (χ0) is 20.9. The molecule has 1 aliphatic carbocycles. The normalized spacial score (nSPS) is 20.5. The number of H-pyrrole nitrogens is 1. The average molecular weight is 423 g/mol. The smallest absolute Gasteiger partial charge is 0.257 e. The largest absolute Gasteiger partial charge is 0.361 e. The molecule has 2 aliphatic rings. The maximum Gasteiger partial charge on any atom is 0.257 e. The van der Waals surface area contributed by atoms with E-state index in [1.54, 1.807) is 18.2 Å². The van der Waals surface area contributed by atoms with E-state index < -0.39 is 15.9 Å². The molecule has 0 radical (unpaired) electrons. The zero-order valence-electron chi connectivity index (χ0n) is 16.4. The van der Waals surface area contributed by atoms with Crippen LogP contribution in [0.1, 0.15) is 11.1 Å². The minimum absolute atomic E-state index is 0.115. The van der Waals surface area contributed by atoms with Gasteiger partial charge in [0.05, 0.1) is 10.8 Å². The van der Waals surface area contributed by atoms with Crippen molar-refractivity contribution in [1.82, 2.24) is 20.1 Å². The number of nitrogens with zero attached hydrogens (tertiary/aromatic N) is 1. The zero-order valence-corrected chi connectivity index (χ0v) is 17.2. The lowest BCUT2D eigenvalue weighted by Crippen LogP contribution is -2.50. The van der Waals surface area contributed by atoms with E-state index in [-0.39, 0.29) is 16.8 Å². The van der Waals surface area contributed by atoms with Crippen molar-refractivity contribution in [3.05, 3.63) is 71.9 Å². The van der Waals surface area contributed by atoms with Gasteiger partial charge in [-0.05, 0) is 41.3 Å². The van der Waals surface area contributed by atoms with Crippen LogP contribution >= 0.6 is 0 Å². The maximum atomic E-state index is 13.0. The average Bonchev–Trinajstić information content (AvgIpc) is 3.17. The Bertz CT molecular complexity index is 1260. The van der Waals surface area contributed by atoms with E-state index in [0.29, 0.717) is 6.54 Å². The number of hydrogen-bond acceptors (Lipinski definition) is 4. The summed E-state index contributed by atoms with van der Waals surface area (Å²) in [7, 11) is -2.38. The lowest BCUT2D eigenvalue weighted by molar-refractivity contribution is -0.134. The summed E-state index contributed by atoms with van der Waals surface area (Å²) in [6, 6.07) is 14.3. The third kappa shape index (κ3) is 3.13. The molecule has 1 amide bonds. The number of nitrogens with one attached hydrogen (secondary N) is 3. The molecule has 1 aliphatic heterocycles. The fourth-order valence-corrected chi connectivity index (χ4v) is 5.46. The van der Waals surface area contributed by atoms with Gasteiger partial charge in [-0.3, -0.25) is 9.80 Å². The molecule has 1 aromatic heterocycles. The number of sulfonamides is 1. The standard InChI is InChI=1S/C22H22N4O3S/c1-26(25-30(28,29)16-6-3-2-4-7-16)22(27)15-10-18-17-8-5-9-19-21(17)14(12-23-19)11-20(18)24-13-15/h2-10,12,15,20,23-25H,11,13H2,1H3/t15-,20-/m1/s1. The summed E-state index contributed by atoms with van der Waals surface area (Å²) in [6.07, 6.45) is 4.90. The number of carbonyl (C=O) groups excluding carboxylic acids is 1. The summed E-state index contributed by atoms with van der Waals surface area (Å²) >= 11 is 0. The second-order valence-corrected chi connectivity index (χ2v) is 9.40. The summed E-state index contributed by atoms with van der Waals surface area (Å²) in [5.41, 5.74) is 4.57. The van der Waals surface area contributed by atoms with Crippen molar-refractivity contribution in [3.8, 4) is 0 Å². The van der Waals surface area contributed by atoms with Gasteiger partial charge in [0.25, 0.3) is 10.0 Å². The number of amides is 1. The van der Waals surface area contributed by atoms with Crippen molar-refractivity contribution < 1.29 is 13.2 Å². The first-order chi connectivity index (χ1) is 14.4. The highest BCUT2D eigenvalue weighted by Gasteiger charge is 2.34. The predicted octanol–water partition coefficient (Wildman–Crippen LogP) is 2.05. The van der Waals surface area contributed by atoms with Gasteiger partial charge < -0.3 is 10.3 Å². The van der Waals surface area contributed by atoms with Crippen LogP contribution in [0.2, 0.25) is 0 Å². The number of benzene rings is 2. The van der Waals surface area contributed by atoms with Gasteiger partial charge >= 0.3 is 0 Å². The van der Waals surface area contributed by atoms with Crippen molar-refractivity contribution in [2.45, 2.75) is 17.4 Å². The van der Waals surface area contributed by atoms with Crippen molar-refractivity contribution in [1.29, 1.82) is 0 Å². The fraction of sp³-hybridized carbons (Fsp3) is 0.227. The highest BCUT2D eigenvalue weighted by atomic mass is 32.2. The molecule has 2 aromatic carbocycles. The van der Waals surface area contributed by atoms with E-state index in [4.69, 9.17) is 0 Å². The van der Waals surface area contributed by atoms with Gasteiger partial charge in [0, 0.05) is 36.7 Å². The lowest BCUT2D eigenvalue weighted by atomic mass is 9.80. The molecule has 7 nitrogen and oxygen atoms in total.